The minimum absolute atomic E-state index is 0.0418. The molecule has 0 N–H and O–H groups in total. The average molecular weight is 399 g/mol. The maximum atomic E-state index is 10.5. The Labute approximate surface area is 144 Å². The van der Waals surface area contributed by atoms with E-state index >= 15 is 0 Å². The molecule has 0 atom stereocenters. The highest BCUT2D eigenvalue weighted by molar-refractivity contribution is 9.22. The zero-order valence-electron chi connectivity index (χ0n) is 11.0. The van der Waals surface area contributed by atoms with Crippen LogP contribution in [0.3, 0.4) is 0 Å². The van der Waals surface area contributed by atoms with Crippen molar-refractivity contribution in [3.8, 4) is 0 Å². The van der Waals surface area contributed by atoms with Gasteiger partial charge in [0, 0.05) is 22.1 Å². The van der Waals surface area contributed by atoms with Crippen LogP contribution in [0.2, 0.25) is 5.02 Å². The van der Waals surface area contributed by atoms with E-state index in [1.165, 1.54) is 30.1 Å². The molecule has 0 radical (unpaired) electrons. The van der Waals surface area contributed by atoms with Crippen LogP contribution in [0, 0.1) is 10.1 Å². The molecule has 0 heterocycles. The van der Waals surface area contributed by atoms with Gasteiger partial charge in [0.1, 0.15) is 0 Å². The van der Waals surface area contributed by atoms with Crippen molar-refractivity contribution < 1.29 is 4.92 Å². The quantitative estimate of drug-likeness (QED) is 0.236. The van der Waals surface area contributed by atoms with Gasteiger partial charge in [-0.25, -0.2) is 0 Å². The maximum Gasteiger partial charge on any atom is 0.269 e. The summed E-state index contributed by atoms with van der Waals surface area (Å²) in [6.07, 6.45) is 1.52. The average Bonchev–Trinajstić information content (AvgIpc) is 2.50. The summed E-state index contributed by atoms with van der Waals surface area (Å²) in [7, 11) is 0. The number of non-ortho nitro benzene ring substituents is 1. The van der Waals surface area contributed by atoms with Gasteiger partial charge in [0.25, 0.3) is 5.69 Å². The van der Waals surface area contributed by atoms with Gasteiger partial charge < -0.3 is 0 Å². The van der Waals surface area contributed by atoms with Gasteiger partial charge in [0.05, 0.1) is 11.1 Å². The van der Waals surface area contributed by atoms with Crippen molar-refractivity contribution >= 4 is 55.1 Å². The van der Waals surface area contributed by atoms with E-state index in [2.05, 4.69) is 26.1 Å². The van der Waals surface area contributed by atoms with Crippen molar-refractivity contribution in [2.45, 2.75) is 4.90 Å². The highest BCUT2D eigenvalue weighted by Crippen LogP contribution is 2.24. The Morgan fingerprint density at radius 2 is 1.82 bits per heavy atom. The number of rotatable bonds is 4. The van der Waals surface area contributed by atoms with Crippen molar-refractivity contribution in [1.82, 2.24) is 0 Å². The summed E-state index contributed by atoms with van der Waals surface area (Å²) in [6, 6.07) is 13.4. The first-order valence-corrected chi connectivity index (χ1v) is 7.98. The molecule has 0 amide bonds. The van der Waals surface area contributed by atoms with E-state index in [1.807, 2.05) is 12.1 Å². The Morgan fingerprint density at radius 3 is 2.41 bits per heavy atom. The summed E-state index contributed by atoms with van der Waals surface area (Å²) in [5, 5.41) is 19.1. The minimum Gasteiger partial charge on any atom is -0.258 e. The maximum absolute atomic E-state index is 10.5. The second kappa shape index (κ2) is 8.07. The van der Waals surface area contributed by atoms with Crippen LogP contribution in [-0.2, 0) is 0 Å². The molecule has 0 unspecified atom stereocenters. The van der Waals surface area contributed by atoms with Crippen LogP contribution in [-0.4, -0.2) is 15.1 Å². The lowest BCUT2D eigenvalue weighted by Gasteiger charge is -1.97. The number of thioether (sulfide) groups is 1. The van der Waals surface area contributed by atoms with Gasteiger partial charge in [-0.1, -0.05) is 23.4 Å². The normalized spacial score (nSPS) is 11.8. The molecule has 0 aliphatic rings. The lowest BCUT2D eigenvalue weighted by atomic mass is 10.2. The second-order valence-corrected chi connectivity index (χ2v) is 6.78. The van der Waals surface area contributed by atoms with Crippen LogP contribution < -0.4 is 0 Å². The first kappa shape index (κ1) is 16.7. The summed E-state index contributed by atoms with van der Waals surface area (Å²) in [5.41, 5.74) is 0.770. The van der Waals surface area contributed by atoms with Crippen molar-refractivity contribution in [1.29, 1.82) is 0 Å². The standard InChI is InChI=1S/C14H9BrClN3O2S/c15-14(22-13-7-3-11(16)4-8-13)18-17-9-10-1-5-12(6-2-10)19(20)21/h1-9H/b17-9-,18-14+. The predicted octanol–water partition coefficient (Wildman–Crippen LogP) is 5.13. The summed E-state index contributed by atoms with van der Waals surface area (Å²) >= 11 is 10.5. The first-order chi connectivity index (χ1) is 10.5. The Hall–Kier alpha value is -1.70. The highest BCUT2D eigenvalue weighted by atomic mass is 79.9. The first-order valence-electron chi connectivity index (χ1n) is 5.99. The molecular formula is C14H9BrClN3O2S. The van der Waals surface area contributed by atoms with Crippen molar-refractivity contribution in [2.75, 3.05) is 0 Å². The summed E-state index contributed by atoms with van der Waals surface area (Å²) in [4.78, 5) is 11.1. The van der Waals surface area contributed by atoms with Crippen molar-refractivity contribution in [3.63, 3.8) is 0 Å². The van der Waals surface area contributed by atoms with E-state index in [-0.39, 0.29) is 5.69 Å². The fraction of sp³-hybridized carbons (Fsp3) is 0. The molecule has 112 valence electrons. The third kappa shape index (κ3) is 5.25. The summed E-state index contributed by atoms with van der Waals surface area (Å²) in [5.74, 6) is 0. The number of nitro groups is 1. The molecule has 5 nitrogen and oxygen atoms in total. The Kier molecular flexibility index (Phi) is 6.11. The van der Waals surface area contributed by atoms with Gasteiger partial charge >= 0.3 is 0 Å². The fourth-order valence-corrected chi connectivity index (χ4v) is 2.78. The number of hydrogen-bond acceptors (Lipinski definition) is 5. The topological polar surface area (TPSA) is 67.9 Å². The monoisotopic (exact) mass is 397 g/mol. The smallest absolute Gasteiger partial charge is 0.258 e. The molecule has 0 spiro atoms. The molecule has 0 aromatic heterocycles. The van der Waals surface area contributed by atoms with E-state index < -0.39 is 4.92 Å². The van der Waals surface area contributed by atoms with Crippen LogP contribution in [0.4, 0.5) is 5.69 Å². The highest BCUT2D eigenvalue weighted by Gasteiger charge is 2.02. The van der Waals surface area contributed by atoms with Crippen LogP contribution in [0.1, 0.15) is 5.56 Å². The molecule has 0 aliphatic heterocycles. The molecule has 0 saturated carbocycles. The number of hydrogen-bond donors (Lipinski definition) is 0. The van der Waals surface area contributed by atoms with Gasteiger partial charge in [-0.05, 0) is 57.9 Å². The van der Waals surface area contributed by atoms with Crippen LogP contribution in [0.25, 0.3) is 0 Å². The molecule has 0 fully saturated rings. The van der Waals surface area contributed by atoms with E-state index in [9.17, 15) is 10.1 Å². The van der Waals surface area contributed by atoms with Crippen LogP contribution in [0.15, 0.2) is 63.6 Å². The summed E-state index contributed by atoms with van der Waals surface area (Å²) in [6.45, 7) is 0. The number of benzene rings is 2. The molecule has 0 saturated heterocycles. The van der Waals surface area contributed by atoms with E-state index in [4.69, 9.17) is 11.6 Å². The lowest BCUT2D eigenvalue weighted by molar-refractivity contribution is -0.384. The molecule has 0 bridgehead atoms. The Bertz CT molecular complexity index is 718. The SMILES string of the molecule is O=[N+]([O-])c1ccc(/C=N\N=C(/Br)Sc2ccc(Cl)cc2)cc1. The molecule has 22 heavy (non-hydrogen) atoms. The van der Waals surface area contributed by atoms with Crippen LogP contribution >= 0.6 is 39.3 Å². The van der Waals surface area contributed by atoms with Crippen molar-refractivity contribution in [3.05, 3.63) is 69.2 Å². The third-order valence-corrected chi connectivity index (χ3v) is 4.12. The van der Waals surface area contributed by atoms with Gasteiger partial charge in [0.15, 0.2) is 3.95 Å². The minimum atomic E-state index is -0.446. The van der Waals surface area contributed by atoms with E-state index in [1.54, 1.807) is 24.3 Å². The van der Waals surface area contributed by atoms with Gasteiger partial charge in [-0.15, -0.1) is 5.10 Å². The zero-order chi connectivity index (χ0) is 15.9. The number of halogens is 2. The summed E-state index contributed by atoms with van der Waals surface area (Å²) < 4.78 is 0.591. The lowest BCUT2D eigenvalue weighted by Crippen LogP contribution is -1.88. The van der Waals surface area contributed by atoms with Crippen molar-refractivity contribution in [2.24, 2.45) is 10.2 Å². The fourth-order valence-electron chi connectivity index (χ4n) is 1.44. The zero-order valence-corrected chi connectivity index (χ0v) is 14.2. The number of nitrogens with zero attached hydrogens (tertiary/aromatic N) is 3. The van der Waals surface area contributed by atoms with E-state index in [0.717, 1.165) is 10.5 Å². The van der Waals surface area contributed by atoms with Gasteiger partial charge in [-0.2, -0.15) is 5.10 Å². The Balaban J connectivity index is 1.97. The molecular weight excluding hydrogens is 390 g/mol. The Morgan fingerprint density at radius 1 is 1.18 bits per heavy atom. The molecule has 2 rings (SSSR count). The van der Waals surface area contributed by atoms with Gasteiger partial charge in [0.2, 0.25) is 0 Å². The largest absolute Gasteiger partial charge is 0.269 e. The number of nitro benzene ring substituents is 1. The molecule has 2 aromatic rings. The van der Waals surface area contributed by atoms with E-state index in [0.29, 0.717) is 8.98 Å². The van der Waals surface area contributed by atoms with Gasteiger partial charge in [-0.3, -0.25) is 10.1 Å². The molecule has 8 heteroatoms. The van der Waals surface area contributed by atoms with Crippen LogP contribution in [0.5, 0.6) is 0 Å². The molecule has 2 aromatic carbocycles. The second-order valence-electron chi connectivity index (χ2n) is 4.00. The predicted molar refractivity (Wildman–Crippen MR) is 94.4 cm³/mol. The third-order valence-electron chi connectivity index (χ3n) is 2.46. The molecule has 0 aliphatic carbocycles.